The van der Waals surface area contributed by atoms with Crippen LogP contribution in [0, 0.1) is 0 Å². The molecule has 0 aliphatic carbocycles. The largest absolute Gasteiger partial charge is 0.496 e. The van der Waals surface area contributed by atoms with Gasteiger partial charge in [0.1, 0.15) is 5.75 Å². The maximum Gasteiger partial charge on any atom is 0.338 e. The summed E-state index contributed by atoms with van der Waals surface area (Å²) in [7, 11) is -2.30. The molecule has 2 aromatic rings. The van der Waals surface area contributed by atoms with Gasteiger partial charge in [0.15, 0.2) is 0 Å². The molecule has 1 saturated heterocycles. The molecule has 1 N–H and O–H groups in total. The van der Waals surface area contributed by atoms with Crippen molar-refractivity contribution in [1.82, 2.24) is 4.72 Å². The number of methoxy groups -OCH3 is 1. The topological polar surface area (TPSA) is 90.9 Å². The van der Waals surface area contributed by atoms with Crippen molar-refractivity contribution < 1.29 is 27.4 Å². The lowest BCUT2D eigenvalue weighted by Gasteiger charge is -2.38. The number of nitrogens with one attached hydrogen (secondary N) is 1. The number of carbonyl (C=O) groups is 1. The molecule has 0 unspecified atom stereocenters. The van der Waals surface area contributed by atoms with Crippen molar-refractivity contribution in [2.75, 3.05) is 33.5 Å². The van der Waals surface area contributed by atoms with E-state index >= 15 is 0 Å². The van der Waals surface area contributed by atoms with Crippen LogP contribution in [-0.2, 0) is 24.9 Å². The standard InChI is InChI=1S/C22H26ClNO6S/c1-3-30-21(25)16-5-4-6-18(13-16)31(26,27)24-15-22(9-11-29-12-10-22)19-14-17(23)7-8-20(19)28-2/h4-8,13-14,24H,3,9-12,15H2,1-2H3. The van der Waals surface area contributed by atoms with Gasteiger partial charge in [-0.25, -0.2) is 17.9 Å². The summed E-state index contributed by atoms with van der Waals surface area (Å²) >= 11 is 6.24. The molecule has 0 saturated carbocycles. The summed E-state index contributed by atoms with van der Waals surface area (Å²) in [5.41, 5.74) is 0.483. The van der Waals surface area contributed by atoms with E-state index in [9.17, 15) is 13.2 Å². The maximum absolute atomic E-state index is 13.1. The van der Waals surface area contributed by atoms with Crippen molar-refractivity contribution in [3.8, 4) is 5.75 Å². The maximum atomic E-state index is 13.1. The fraction of sp³-hybridized carbons (Fsp3) is 0.409. The third kappa shape index (κ3) is 5.38. The highest BCUT2D eigenvalue weighted by Crippen LogP contribution is 2.41. The first kappa shape index (κ1) is 23.5. The summed E-state index contributed by atoms with van der Waals surface area (Å²) in [4.78, 5) is 12.0. The number of halogens is 1. The molecule has 1 fully saturated rings. The summed E-state index contributed by atoms with van der Waals surface area (Å²) in [6.07, 6.45) is 1.21. The van der Waals surface area contributed by atoms with Gasteiger partial charge in [0, 0.05) is 35.8 Å². The predicted molar refractivity (Wildman–Crippen MR) is 117 cm³/mol. The second kappa shape index (κ2) is 9.99. The molecular weight excluding hydrogens is 442 g/mol. The van der Waals surface area contributed by atoms with Gasteiger partial charge in [-0.05, 0) is 56.2 Å². The first-order valence-electron chi connectivity index (χ1n) is 10.00. The molecule has 1 aliphatic rings. The van der Waals surface area contributed by atoms with Crippen molar-refractivity contribution in [3.63, 3.8) is 0 Å². The third-order valence-corrected chi connectivity index (χ3v) is 7.07. The lowest BCUT2D eigenvalue weighted by molar-refractivity contribution is 0.0508. The van der Waals surface area contributed by atoms with E-state index in [1.165, 1.54) is 24.3 Å². The number of ether oxygens (including phenoxy) is 3. The molecule has 7 nitrogen and oxygen atoms in total. The minimum atomic E-state index is -3.88. The second-order valence-corrected chi connectivity index (χ2v) is 9.51. The first-order chi connectivity index (χ1) is 14.8. The van der Waals surface area contributed by atoms with Gasteiger partial charge in [0.2, 0.25) is 10.0 Å². The van der Waals surface area contributed by atoms with Crippen LogP contribution in [0.1, 0.15) is 35.7 Å². The van der Waals surface area contributed by atoms with Crippen LogP contribution in [0.15, 0.2) is 47.4 Å². The van der Waals surface area contributed by atoms with Crippen LogP contribution in [-0.4, -0.2) is 47.9 Å². The highest BCUT2D eigenvalue weighted by atomic mass is 35.5. The van der Waals surface area contributed by atoms with Crippen molar-refractivity contribution >= 4 is 27.6 Å². The Morgan fingerprint density at radius 3 is 2.61 bits per heavy atom. The van der Waals surface area contributed by atoms with Gasteiger partial charge >= 0.3 is 5.97 Å². The Kier molecular flexibility index (Phi) is 7.59. The van der Waals surface area contributed by atoms with Crippen LogP contribution in [0.3, 0.4) is 0 Å². The molecule has 0 spiro atoms. The second-order valence-electron chi connectivity index (χ2n) is 7.31. The van der Waals surface area contributed by atoms with E-state index in [0.717, 1.165) is 5.56 Å². The van der Waals surface area contributed by atoms with E-state index in [-0.39, 0.29) is 23.6 Å². The van der Waals surface area contributed by atoms with E-state index in [1.807, 2.05) is 6.07 Å². The highest BCUT2D eigenvalue weighted by molar-refractivity contribution is 7.89. The molecule has 2 aromatic carbocycles. The number of carbonyl (C=O) groups excluding carboxylic acids is 1. The Bertz CT molecular complexity index is 1030. The molecule has 0 radical (unpaired) electrons. The van der Waals surface area contributed by atoms with Crippen LogP contribution in [0.2, 0.25) is 5.02 Å². The summed E-state index contributed by atoms with van der Waals surface area (Å²) in [5, 5.41) is 0.548. The number of rotatable bonds is 8. The van der Waals surface area contributed by atoms with Crippen LogP contribution in [0.5, 0.6) is 5.75 Å². The fourth-order valence-electron chi connectivity index (χ4n) is 3.72. The molecule has 31 heavy (non-hydrogen) atoms. The fourth-order valence-corrected chi connectivity index (χ4v) is 5.06. The Balaban J connectivity index is 1.90. The summed E-state index contributed by atoms with van der Waals surface area (Å²) in [5.74, 6) is 0.0823. The number of esters is 1. The SMILES string of the molecule is CCOC(=O)c1cccc(S(=O)(=O)NCC2(c3cc(Cl)ccc3OC)CCOCC2)c1. The van der Waals surface area contributed by atoms with Crippen LogP contribution in [0.25, 0.3) is 0 Å². The van der Waals surface area contributed by atoms with Gasteiger partial charge in [-0.1, -0.05) is 17.7 Å². The lowest BCUT2D eigenvalue weighted by Crippen LogP contribution is -2.44. The minimum Gasteiger partial charge on any atom is -0.496 e. The lowest BCUT2D eigenvalue weighted by atomic mass is 9.74. The molecule has 1 aliphatic heterocycles. The monoisotopic (exact) mass is 467 g/mol. The summed E-state index contributed by atoms with van der Waals surface area (Å²) in [6.45, 7) is 3.03. The molecule has 3 rings (SSSR count). The van der Waals surface area contributed by atoms with E-state index in [0.29, 0.717) is 36.8 Å². The minimum absolute atomic E-state index is 0.00155. The molecule has 0 amide bonds. The zero-order chi connectivity index (χ0) is 22.5. The normalized spacial score (nSPS) is 16.0. The van der Waals surface area contributed by atoms with E-state index < -0.39 is 21.4 Å². The number of benzene rings is 2. The third-order valence-electron chi connectivity index (χ3n) is 5.44. The van der Waals surface area contributed by atoms with Gasteiger partial charge in [-0.15, -0.1) is 0 Å². The van der Waals surface area contributed by atoms with Gasteiger partial charge in [0.25, 0.3) is 0 Å². The Hall–Kier alpha value is -2.13. The van der Waals surface area contributed by atoms with E-state index in [4.69, 9.17) is 25.8 Å². The molecule has 0 aromatic heterocycles. The Morgan fingerprint density at radius 2 is 1.94 bits per heavy atom. The molecule has 0 bridgehead atoms. The number of hydrogen-bond donors (Lipinski definition) is 1. The van der Waals surface area contributed by atoms with Crippen molar-refractivity contribution in [2.45, 2.75) is 30.1 Å². The van der Waals surface area contributed by atoms with E-state index in [2.05, 4.69) is 4.72 Å². The van der Waals surface area contributed by atoms with E-state index in [1.54, 1.807) is 26.2 Å². The quantitative estimate of drug-likeness (QED) is 0.597. The molecule has 9 heteroatoms. The zero-order valence-corrected chi connectivity index (χ0v) is 19.1. The Labute approximate surface area is 187 Å². The smallest absolute Gasteiger partial charge is 0.338 e. The Morgan fingerprint density at radius 1 is 1.19 bits per heavy atom. The van der Waals surface area contributed by atoms with Gasteiger partial charge in [-0.2, -0.15) is 0 Å². The van der Waals surface area contributed by atoms with Gasteiger partial charge in [-0.3, -0.25) is 0 Å². The summed E-state index contributed by atoms with van der Waals surface area (Å²) < 4.78 is 44.8. The average molecular weight is 468 g/mol. The van der Waals surface area contributed by atoms with Crippen molar-refractivity contribution in [2.24, 2.45) is 0 Å². The predicted octanol–water partition coefficient (Wildman–Crippen LogP) is 3.55. The van der Waals surface area contributed by atoms with Crippen LogP contribution >= 0.6 is 11.6 Å². The average Bonchev–Trinajstić information content (AvgIpc) is 2.78. The molecule has 1 heterocycles. The van der Waals surface area contributed by atoms with Crippen molar-refractivity contribution in [1.29, 1.82) is 0 Å². The molecular formula is C22H26ClNO6S. The number of sulfonamides is 1. The first-order valence-corrected chi connectivity index (χ1v) is 11.9. The number of hydrogen-bond acceptors (Lipinski definition) is 6. The van der Waals surface area contributed by atoms with Crippen LogP contribution < -0.4 is 9.46 Å². The zero-order valence-electron chi connectivity index (χ0n) is 17.5. The molecule has 0 atom stereocenters. The van der Waals surface area contributed by atoms with Crippen LogP contribution in [0.4, 0.5) is 0 Å². The summed E-state index contributed by atoms with van der Waals surface area (Å²) in [6, 6.07) is 11.1. The highest BCUT2D eigenvalue weighted by Gasteiger charge is 2.38. The van der Waals surface area contributed by atoms with Crippen molar-refractivity contribution in [3.05, 3.63) is 58.6 Å². The molecule has 168 valence electrons. The van der Waals surface area contributed by atoms with Gasteiger partial charge in [0.05, 0.1) is 24.2 Å². The van der Waals surface area contributed by atoms with Gasteiger partial charge < -0.3 is 14.2 Å².